The first-order chi connectivity index (χ1) is 6.57. The Morgan fingerprint density at radius 2 is 2.14 bits per heavy atom. The summed E-state index contributed by atoms with van der Waals surface area (Å²) in [4.78, 5) is 21.2. The van der Waals surface area contributed by atoms with Gasteiger partial charge in [0.1, 0.15) is 6.04 Å². The molecule has 0 saturated carbocycles. The average Bonchev–Trinajstić information content (AvgIpc) is 2.09. The molecule has 0 heterocycles. The molecule has 14 heavy (non-hydrogen) atoms. The highest BCUT2D eigenvalue weighted by molar-refractivity contribution is 5.82. The Morgan fingerprint density at radius 3 is 2.57 bits per heavy atom. The van der Waals surface area contributed by atoms with E-state index in [2.05, 4.69) is 22.5 Å². The number of hydrogen-bond acceptors (Lipinski definition) is 3. The molecule has 0 spiro atoms. The zero-order valence-electron chi connectivity index (χ0n) is 8.26. The van der Waals surface area contributed by atoms with Crippen molar-refractivity contribution < 1.29 is 14.7 Å². The van der Waals surface area contributed by atoms with E-state index < -0.39 is 12.0 Å². The van der Waals surface area contributed by atoms with E-state index >= 15 is 0 Å². The monoisotopic (exact) mass is 198 g/mol. The van der Waals surface area contributed by atoms with Gasteiger partial charge in [0.15, 0.2) is 0 Å². The number of nitrogens with one attached hydrogen (secondary N) is 2. The Bertz CT molecular complexity index is 265. The number of carbonyl (C=O) groups is 2. The summed E-state index contributed by atoms with van der Waals surface area (Å²) in [5.74, 6) is 3.97. The molecule has 0 aromatic rings. The van der Waals surface area contributed by atoms with Crippen LogP contribution in [-0.4, -0.2) is 36.1 Å². The summed E-state index contributed by atoms with van der Waals surface area (Å²) in [5.41, 5.74) is 0. The maximum Gasteiger partial charge on any atom is 0.327 e. The maximum atomic E-state index is 10.6. The number of carboxylic acid groups (broad SMARTS) is 1. The van der Waals surface area contributed by atoms with Crippen molar-refractivity contribution in [2.45, 2.75) is 19.9 Å². The normalized spacial score (nSPS) is 11.0. The summed E-state index contributed by atoms with van der Waals surface area (Å²) in [6, 6.07) is -0.897. The van der Waals surface area contributed by atoms with Gasteiger partial charge in [0.2, 0.25) is 5.91 Å². The van der Waals surface area contributed by atoms with Crippen LogP contribution in [0.5, 0.6) is 0 Å². The molecule has 0 rings (SSSR count). The number of carbonyl (C=O) groups excluding carboxylic acids is 1. The largest absolute Gasteiger partial charge is 0.480 e. The molecule has 0 fully saturated rings. The molecule has 0 aromatic carbocycles. The van der Waals surface area contributed by atoms with Gasteiger partial charge in [0, 0.05) is 13.5 Å². The van der Waals surface area contributed by atoms with Crippen molar-refractivity contribution >= 4 is 11.9 Å². The highest BCUT2D eigenvalue weighted by Crippen LogP contribution is 1.82. The van der Waals surface area contributed by atoms with Crippen molar-refractivity contribution in [2.24, 2.45) is 0 Å². The SMILES string of the molecule is CC#CCNCC(NC(C)=O)C(=O)O. The number of hydrogen-bond donors (Lipinski definition) is 3. The van der Waals surface area contributed by atoms with Crippen molar-refractivity contribution in [3.05, 3.63) is 0 Å². The second kappa shape index (κ2) is 6.92. The van der Waals surface area contributed by atoms with E-state index in [1.807, 2.05) is 0 Å². The van der Waals surface area contributed by atoms with Crippen molar-refractivity contribution in [3.8, 4) is 11.8 Å². The highest BCUT2D eigenvalue weighted by Gasteiger charge is 2.16. The molecule has 0 aliphatic heterocycles. The van der Waals surface area contributed by atoms with Crippen LogP contribution in [0, 0.1) is 11.8 Å². The van der Waals surface area contributed by atoms with Gasteiger partial charge in [0.25, 0.3) is 0 Å². The predicted molar refractivity (Wildman–Crippen MR) is 51.6 cm³/mol. The second-order valence-electron chi connectivity index (χ2n) is 2.65. The van der Waals surface area contributed by atoms with Crippen molar-refractivity contribution in [1.29, 1.82) is 0 Å². The standard InChI is InChI=1S/C9H14N2O3/c1-3-4-5-10-6-8(9(13)14)11-7(2)12/h8,10H,5-6H2,1-2H3,(H,11,12)(H,13,14). The van der Waals surface area contributed by atoms with Crippen LogP contribution in [0.1, 0.15) is 13.8 Å². The fourth-order valence-electron chi connectivity index (χ4n) is 0.813. The van der Waals surface area contributed by atoms with Gasteiger partial charge in [0.05, 0.1) is 6.54 Å². The molecule has 0 bridgehead atoms. The summed E-state index contributed by atoms with van der Waals surface area (Å²) in [6.07, 6.45) is 0. The Kier molecular flexibility index (Phi) is 6.16. The van der Waals surface area contributed by atoms with Crippen LogP contribution in [-0.2, 0) is 9.59 Å². The van der Waals surface area contributed by atoms with E-state index in [0.717, 1.165) is 0 Å². The molecular formula is C9H14N2O3. The molecule has 78 valence electrons. The minimum Gasteiger partial charge on any atom is -0.480 e. The summed E-state index contributed by atoms with van der Waals surface area (Å²) in [7, 11) is 0. The minimum atomic E-state index is -1.06. The molecule has 0 aliphatic rings. The van der Waals surface area contributed by atoms with Crippen LogP contribution in [0.15, 0.2) is 0 Å². The zero-order chi connectivity index (χ0) is 11.0. The van der Waals surface area contributed by atoms with Crippen LogP contribution < -0.4 is 10.6 Å². The maximum absolute atomic E-state index is 10.6. The molecule has 1 amide bonds. The van der Waals surface area contributed by atoms with E-state index in [1.54, 1.807) is 6.92 Å². The van der Waals surface area contributed by atoms with Crippen LogP contribution in [0.25, 0.3) is 0 Å². The lowest BCUT2D eigenvalue weighted by Crippen LogP contribution is -2.46. The van der Waals surface area contributed by atoms with E-state index in [4.69, 9.17) is 5.11 Å². The molecule has 3 N–H and O–H groups in total. The first-order valence-corrected chi connectivity index (χ1v) is 4.18. The van der Waals surface area contributed by atoms with Crippen LogP contribution in [0.4, 0.5) is 0 Å². The third kappa shape index (κ3) is 6.03. The molecule has 0 saturated heterocycles. The quantitative estimate of drug-likeness (QED) is 0.399. The van der Waals surface area contributed by atoms with Gasteiger partial charge >= 0.3 is 5.97 Å². The van der Waals surface area contributed by atoms with Gasteiger partial charge in [-0.2, -0.15) is 0 Å². The number of rotatable bonds is 5. The van der Waals surface area contributed by atoms with Gasteiger partial charge in [-0.3, -0.25) is 4.79 Å². The van der Waals surface area contributed by atoms with Crippen LogP contribution >= 0.6 is 0 Å². The number of aliphatic carboxylic acids is 1. The predicted octanol–water partition coefficient (Wildman–Crippen LogP) is -0.811. The smallest absolute Gasteiger partial charge is 0.327 e. The average molecular weight is 198 g/mol. The molecular weight excluding hydrogens is 184 g/mol. The van der Waals surface area contributed by atoms with Gasteiger partial charge < -0.3 is 15.7 Å². The minimum absolute atomic E-state index is 0.170. The van der Waals surface area contributed by atoms with Gasteiger partial charge in [-0.15, -0.1) is 5.92 Å². The highest BCUT2D eigenvalue weighted by atomic mass is 16.4. The number of carboxylic acids is 1. The lowest BCUT2D eigenvalue weighted by atomic mass is 10.3. The summed E-state index contributed by atoms with van der Waals surface area (Å²) < 4.78 is 0. The molecule has 0 aliphatic carbocycles. The van der Waals surface area contributed by atoms with Crippen molar-refractivity contribution in [2.75, 3.05) is 13.1 Å². The molecule has 0 radical (unpaired) electrons. The van der Waals surface area contributed by atoms with Crippen molar-refractivity contribution in [3.63, 3.8) is 0 Å². The first kappa shape index (κ1) is 12.5. The van der Waals surface area contributed by atoms with Crippen molar-refractivity contribution in [1.82, 2.24) is 10.6 Å². The van der Waals surface area contributed by atoms with Gasteiger partial charge in [-0.1, -0.05) is 5.92 Å². The third-order valence-electron chi connectivity index (χ3n) is 1.41. The Hall–Kier alpha value is -1.54. The fraction of sp³-hybridized carbons (Fsp3) is 0.556. The topological polar surface area (TPSA) is 78.4 Å². The van der Waals surface area contributed by atoms with Crippen LogP contribution in [0.2, 0.25) is 0 Å². The molecule has 0 aromatic heterocycles. The van der Waals surface area contributed by atoms with E-state index in [9.17, 15) is 9.59 Å². The molecule has 1 unspecified atom stereocenters. The summed E-state index contributed by atoms with van der Waals surface area (Å²) >= 11 is 0. The van der Waals surface area contributed by atoms with Gasteiger partial charge in [-0.25, -0.2) is 4.79 Å². The Morgan fingerprint density at radius 1 is 1.50 bits per heavy atom. The van der Waals surface area contributed by atoms with E-state index in [0.29, 0.717) is 6.54 Å². The fourth-order valence-corrected chi connectivity index (χ4v) is 0.813. The third-order valence-corrected chi connectivity index (χ3v) is 1.41. The first-order valence-electron chi connectivity index (χ1n) is 4.18. The second-order valence-corrected chi connectivity index (χ2v) is 2.65. The zero-order valence-corrected chi connectivity index (χ0v) is 8.26. The van der Waals surface area contributed by atoms with E-state index in [-0.39, 0.29) is 12.5 Å². The summed E-state index contributed by atoms with van der Waals surface area (Å²) in [6.45, 7) is 3.56. The summed E-state index contributed by atoms with van der Waals surface area (Å²) in [5, 5.41) is 13.8. The Labute approximate surface area is 82.9 Å². The molecule has 5 nitrogen and oxygen atoms in total. The van der Waals surface area contributed by atoms with Gasteiger partial charge in [-0.05, 0) is 6.92 Å². The Balaban J connectivity index is 3.89. The van der Waals surface area contributed by atoms with E-state index in [1.165, 1.54) is 6.92 Å². The number of amides is 1. The lowest BCUT2D eigenvalue weighted by Gasteiger charge is -2.12. The van der Waals surface area contributed by atoms with Crippen LogP contribution in [0.3, 0.4) is 0 Å². The lowest BCUT2D eigenvalue weighted by molar-refractivity contribution is -0.141. The molecule has 5 heteroatoms. The molecule has 1 atom stereocenters.